The highest BCUT2D eigenvalue weighted by atomic mass is 32.2. The molecule has 0 bridgehead atoms. The molecule has 0 radical (unpaired) electrons. The number of nitro groups is 1. The highest BCUT2D eigenvalue weighted by Gasteiger charge is 2.27. The Kier molecular flexibility index (Phi) is 3.87. The van der Waals surface area contributed by atoms with E-state index in [0.29, 0.717) is 17.5 Å². The number of tetrazole rings is 1. The minimum Gasteiger partial charge on any atom is -0.258 e. The zero-order valence-corrected chi connectivity index (χ0v) is 12.4. The van der Waals surface area contributed by atoms with Crippen LogP contribution in [-0.2, 0) is 11.5 Å². The molecule has 1 fully saturated rings. The molecule has 7 nitrogen and oxygen atoms in total. The maximum Gasteiger partial charge on any atom is 0.272 e. The van der Waals surface area contributed by atoms with Gasteiger partial charge in [0.2, 0.25) is 0 Å². The first-order chi connectivity index (χ1) is 10.2. The molecule has 0 N–H and O–H groups in total. The Morgan fingerprint density at radius 1 is 1.43 bits per heavy atom. The van der Waals surface area contributed by atoms with Crippen LogP contribution in [0.15, 0.2) is 18.2 Å². The van der Waals surface area contributed by atoms with Crippen LogP contribution in [0.2, 0.25) is 0 Å². The number of aromatic nitrogens is 4. The fourth-order valence-electron chi connectivity index (χ4n) is 2.19. The van der Waals surface area contributed by atoms with Crippen molar-refractivity contribution in [3.63, 3.8) is 0 Å². The van der Waals surface area contributed by atoms with E-state index in [1.165, 1.54) is 6.07 Å². The van der Waals surface area contributed by atoms with Gasteiger partial charge in [-0.2, -0.15) is 0 Å². The Morgan fingerprint density at radius 3 is 2.95 bits per heavy atom. The molecule has 0 spiro atoms. The summed E-state index contributed by atoms with van der Waals surface area (Å²) in [6, 6.07) is 5.67. The quantitative estimate of drug-likeness (QED) is 0.602. The van der Waals surface area contributed by atoms with Gasteiger partial charge in [0.25, 0.3) is 5.69 Å². The Hall–Kier alpha value is -1.96. The SMILES string of the molecule is Cc1c(CSCc2nnnn2C2CC2)cccc1[N+](=O)[O-]. The van der Waals surface area contributed by atoms with Gasteiger partial charge in [-0.1, -0.05) is 12.1 Å². The number of nitrogens with zero attached hydrogens (tertiary/aromatic N) is 5. The third kappa shape index (κ3) is 3.05. The summed E-state index contributed by atoms with van der Waals surface area (Å²) in [6.07, 6.45) is 2.29. The Bertz CT molecular complexity index is 668. The average Bonchev–Trinajstić information content (AvgIpc) is 3.20. The fourth-order valence-corrected chi connectivity index (χ4v) is 3.19. The van der Waals surface area contributed by atoms with Crippen molar-refractivity contribution in [2.45, 2.75) is 37.3 Å². The lowest BCUT2D eigenvalue weighted by Gasteiger charge is -2.06. The molecule has 1 aliphatic carbocycles. The van der Waals surface area contributed by atoms with Crippen LogP contribution in [0, 0.1) is 17.0 Å². The van der Waals surface area contributed by atoms with Crippen LogP contribution in [0.3, 0.4) is 0 Å². The van der Waals surface area contributed by atoms with Crippen LogP contribution < -0.4 is 0 Å². The maximum absolute atomic E-state index is 10.9. The number of hydrogen-bond acceptors (Lipinski definition) is 6. The highest BCUT2D eigenvalue weighted by Crippen LogP contribution is 2.35. The van der Waals surface area contributed by atoms with Gasteiger partial charge in [0.05, 0.1) is 16.7 Å². The summed E-state index contributed by atoms with van der Waals surface area (Å²) in [4.78, 5) is 10.6. The first-order valence-electron chi connectivity index (χ1n) is 6.74. The molecule has 2 aromatic rings. The molecule has 0 saturated heterocycles. The Balaban J connectivity index is 1.64. The summed E-state index contributed by atoms with van der Waals surface area (Å²) in [5, 5.41) is 22.7. The van der Waals surface area contributed by atoms with Gasteiger partial charge in [-0.05, 0) is 35.8 Å². The van der Waals surface area contributed by atoms with E-state index in [4.69, 9.17) is 0 Å². The van der Waals surface area contributed by atoms with E-state index in [0.717, 1.165) is 29.8 Å². The van der Waals surface area contributed by atoms with Gasteiger partial charge in [-0.25, -0.2) is 4.68 Å². The molecule has 0 aliphatic heterocycles. The minimum absolute atomic E-state index is 0.177. The predicted molar refractivity (Wildman–Crippen MR) is 78.9 cm³/mol. The third-order valence-corrected chi connectivity index (χ3v) is 4.53. The Morgan fingerprint density at radius 2 is 2.24 bits per heavy atom. The smallest absolute Gasteiger partial charge is 0.258 e. The van der Waals surface area contributed by atoms with E-state index in [2.05, 4.69) is 15.5 Å². The summed E-state index contributed by atoms with van der Waals surface area (Å²) in [6.45, 7) is 1.79. The largest absolute Gasteiger partial charge is 0.272 e. The molecule has 0 amide bonds. The van der Waals surface area contributed by atoms with E-state index < -0.39 is 0 Å². The molecule has 21 heavy (non-hydrogen) atoms. The lowest BCUT2D eigenvalue weighted by Crippen LogP contribution is -2.02. The van der Waals surface area contributed by atoms with Crippen molar-refractivity contribution in [1.82, 2.24) is 20.2 Å². The van der Waals surface area contributed by atoms with Gasteiger partial charge in [-0.3, -0.25) is 10.1 Å². The monoisotopic (exact) mass is 305 g/mol. The summed E-state index contributed by atoms with van der Waals surface area (Å²) < 4.78 is 1.90. The normalized spacial score (nSPS) is 14.3. The van der Waals surface area contributed by atoms with Crippen LogP contribution in [0.4, 0.5) is 5.69 Å². The number of thioether (sulfide) groups is 1. The molecule has 1 aromatic carbocycles. The standard InChI is InChI=1S/C13H15N5O2S/c1-9-10(3-2-4-12(9)18(19)20)7-21-8-13-14-15-16-17(13)11-5-6-11/h2-4,11H,5-8H2,1H3. The fraction of sp³-hybridized carbons (Fsp3) is 0.462. The number of hydrogen-bond donors (Lipinski definition) is 0. The first-order valence-corrected chi connectivity index (χ1v) is 7.89. The molecule has 1 heterocycles. The summed E-state index contributed by atoms with van der Waals surface area (Å²) in [5.41, 5.74) is 1.90. The summed E-state index contributed by atoms with van der Waals surface area (Å²) >= 11 is 1.67. The van der Waals surface area contributed by atoms with Gasteiger partial charge in [-0.15, -0.1) is 16.9 Å². The molecular weight excluding hydrogens is 290 g/mol. The second-order valence-corrected chi connectivity index (χ2v) is 6.07. The van der Waals surface area contributed by atoms with Crippen LogP contribution in [-0.4, -0.2) is 25.1 Å². The lowest BCUT2D eigenvalue weighted by molar-refractivity contribution is -0.385. The molecule has 0 atom stereocenters. The van der Waals surface area contributed by atoms with Crippen molar-refractivity contribution >= 4 is 17.4 Å². The van der Waals surface area contributed by atoms with Gasteiger partial charge >= 0.3 is 0 Å². The second-order valence-electron chi connectivity index (χ2n) is 5.08. The third-order valence-electron chi connectivity index (χ3n) is 3.56. The van der Waals surface area contributed by atoms with Gasteiger partial charge < -0.3 is 0 Å². The second kappa shape index (κ2) is 5.80. The van der Waals surface area contributed by atoms with Gasteiger partial charge in [0.1, 0.15) is 0 Å². The van der Waals surface area contributed by atoms with Crippen molar-refractivity contribution < 1.29 is 4.92 Å². The van der Waals surface area contributed by atoms with Crippen LogP contribution >= 0.6 is 11.8 Å². The molecule has 1 saturated carbocycles. The molecule has 3 rings (SSSR count). The lowest BCUT2D eigenvalue weighted by atomic mass is 10.1. The van der Waals surface area contributed by atoms with E-state index in [-0.39, 0.29) is 10.6 Å². The molecular formula is C13H15N5O2S. The number of nitro benzene ring substituents is 1. The average molecular weight is 305 g/mol. The molecule has 1 aliphatic rings. The van der Waals surface area contributed by atoms with E-state index in [1.807, 2.05) is 10.7 Å². The highest BCUT2D eigenvalue weighted by molar-refractivity contribution is 7.97. The van der Waals surface area contributed by atoms with Gasteiger partial charge in [0, 0.05) is 17.4 Å². The summed E-state index contributed by atoms with van der Waals surface area (Å²) in [7, 11) is 0. The predicted octanol–water partition coefficient (Wildman–Crippen LogP) is 2.66. The van der Waals surface area contributed by atoms with Crippen LogP contribution in [0.1, 0.15) is 35.8 Å². The van der Waals surface area contributed by atoms with Crippen molar-refractivity contribution in [3.05, 3.63) is 45.3 Å². The van der Waals surface area contributed by atoms with E-state index >= 15 is 0 Å². The molecule has 1 aromatic heterocycles. The minimum atomic E-state index is -0.336. The Labute approximate surface area is 125 Å². The maximum atomic E-state index is 10.9. The zero-order valence-electron chi connectivity index (χ0n) is 11.6. The molecule has 0 unspecified atom stereocenters. The van der Waals surface area contributed by atoms with Crippen LogP contribution in [0.5, 0.6) is 0 Å². The van der Waals surface area contributed by atoms with Crippen molar-refractivity contribution in [2.24, 2.45) is 0 Å². The first kappa shape index (κ1) is 14.0. The number of rotatable bonds is 6. The van der Waals surface area contributed by atoms with Crippen molar-refractivity contribution in [1.29, 1.82) is 0 Å². The van der Waals surface area contributed by atoms with Gasteiger partial charge in [0.15, 0.2) is 5.82 Å². The summed E-state index contributed by atoms with van der Waals surface area (Å²) in [5.74, 6) is 2.31. The van der Waals surface area contributed by atoms with Crippen molar-refractivity contribution in [2.75, 3.05) is 0 Å². The zero-order chi connectivity index (χ0) is 14.8. The number of benzene rings is 1. The topological polar surface area (TPSA) is 86.7 Å². The molecule has 8 heteroatoms. The van der Waals surface area contributed by atoms with Crippen molar-refractivity contribution in [3.8, 4) is 0 Å². The van der Waals surface area contributed by atoms with E-state index in [1.54, 1.807) is 24.8 Å². The van der Waals surface area contributed by atoms with Crippen LogP contribution in [0.25, 0.3) is 0 Å². The molecule has 110 valence electrons. The van der Waals surface area contributed by atoms with E-state index in [9.17, 15) is 10.1 Å².